The summed E-state index contributed by atoms with van der Waals surface area (Å²) in [6.45, 7) is 1.57. The van der Waals surface area contributed by atoms with Crippen LogP contribution in [0.2, 0.25) is 0 Å². The molecule has 3 amide bonds. The van der Waals surface area contributed by atoms with Crippen LogP contribution in [0.5, 0.6) is 0 Å². The third kappa shape index (κ3) is 2.01. The zero-order valence-electron chi connectivity index (χ0n) is 8.05. The van der Waals surface area contributed by atoms with Gasteiger partial charge < -0.3 is 10.1 Å². The summed E-state index contributed by atoms with van der Waals surface area (Å²) in [5.74, 6) is -0.813. The van der Waals surface area contributed by atoms with Gasteiger partial charge >= 0.3 is 12.0 Å². The molecule has 1 rings (SSSR count). The molecule has 0 bridgehead atoms. The molecule has 1 fully saturated rings. The van der Waals surface area contributed by atoms with E-state index in [4.69, 9.17) is 0 Å². The molecule has 1 atom stereocenters. The largest absolute Gasteiger partial charge is 0.469 e. The normalized spacial score (nSPS) is 25.6. The number of amides is 3. The minimum Gasteiger partial charge on any atom is -0.469 e. The lowest BCUT2D eigenvalue weighted by Crippen LogP contribution is -2.43. The summed E-state index contributed by atoms with van der Waals surface area (Å²) < 4.78 is 4.43. The molecule has 0 aromatic rings. The molecular weight excluding hydrogens is 188 g/mol. The molecular formula is C8H12N2O4. The van der Waals surface area contributed by atoms with Gasteiger partial charge in [-0.2, -0.15) is 0 Å². The SMILES string of the molecule is COC(=O)CCC1(C)NC(=O)NC1=O. The van der Waals surface area contributed by atoms with Crippen LogP contribution in [0.1, 0.15) is 19.8 Å². The second-order valence-corrected chi connectivity index (χ2v) is 3.32. The molecule has 1 aliphatic heterocycles. The number of imide groups is 1. The maximum atomic E-state index is 11.3. The summed E-state index contributed by atoms with van der Waals surface area (Å²) in [4.78, 5) is 32.9. The molecule has 0 spiro atoms. The fourth-order valence-corrected chi connectivity index (χ4v) is 1.21. The Morgan fingerprint density at radius 3 is 2.57 bits per heavy atom. The van der Waals surface area contributed by atoms with Crippen molar-refractivity contribution in [3.8, 4) is 0 Å². The Kier molecular flexibility index (Phi) is 2.73. The first-order chi connectivity index (χ1) is 6.48. The Hall–Kier alpha value is -1.59. The highest BCUT2D eigenvalue weighted by molar-refractivity contribution is 6.06. The van der Waals surface area contributed by atoms with Crippen LogP contribution < -0.4 is 10.6 Å². The summed E-state index contributed by atoms with van der Waals surface area (Å²) in [5.41, 5.74) is -0.995. The number of nitrogens with one attached hydrogen (secondary N) is 2. The van der Waals surface area contributed by atoms with Crippen LogP contribution in [0, 0.1) is 0 Å². The third-order valence-corrected chi connectivity index (χ3v) is 2.17. The van der Waals surface area contributed by atoms with Crippen molar-refractivity contribution in [3.63, 3.8) is 0 Å². The molecule has 1 aliphatic rings. The predicted octanol–water partition coefficient (Wildman–Crippen LogP) is -0.462. The van der Waals surface area contributed by atoms with Crippen LogP contribution in [-0.2, 0) is 14.3 Å². The molecule has 1 saturated heterocycles. The maximum absolute atomic E-state index is 11.3. The van der Waals surface area contributed by atoms with Crippen molar-refractivity contribution in [1.29, 1.82) is 0 Å². The van der Waals surface area contributed by atoms with Gasteiger partial charge in [-0.25, -0.2) is 4.79 Å². The number of carbonyl (C=O) groups is 3. The number of ether oxygens (including phenoxy) is 1. The Bertz CT molecular complexity index is 289. The number of carbonyl (C=O) groups excluding carboxylic acids is 3. The van der Waals surface area contributed by atoms with E-state index in [1.54, 1.807) is 6.92 Å². The van der Waals surface area contributed by atoms with Crippen LogP contribution in [0.4, 0.5) is 4.79 Å². The molecule has 0 saturated carbocycles. The van der Waals surface area contributed by atoms with Crippen LogP contribution >= 0.6 is 0 Å². The zero-order valence-corrected chi connectivity index (χ0v) is 8.05. The van der Waals surface area contributed by atoms with Crippen molar-refractivity contribution in [2.45, 2.75) is 25.3 Å². The number of esters is 1. The van der Waals surface area contributed by atoms with E-state index in [0.717, 1.165) is 0 Å². The van der Waals surface area contributed by atoms with Crippen molar-refractivity contribution in [2.24, 2.45) is 0 Å². The fourth-order valence-electron chi connectivity index (χ4n) is 1.21. The average molecular weight is 200 g/mol. The monoisotopic (exact) mass is 200 g/mol. The van der Waals surface area contributed by atoms with E-state index in [9.17, 15) is 14.4 Å². The summed E-state index contributed by atoms with van der Waals surface area (Å²) >= 11 is 0. The number of hydrogen-bond donors (Lipinski definition) is 2. The number of rotatable bonds is 3. The summed E-state index contributed by atoms with van der Waals surface area (Å²) in [7, 11) is 1.28. The molecule has 0 radical (unpaired) electrons. The third-order valence-electron chi connectivity index (χ3n) is 2.17. The molecule has 1 heterocycles. The lowest BCUT2D eigenvalue weighted by atomic mass is 9.96. The van der Waals surface area contributed by atoms with E-state index in [2.05, 4.69) is 15.4 Å². The summed E-state index contributed by atoms with van der Waals surface area (Å²) in [6, 6.07) is -0.526. The van der Waals surface area contributed by atoms with Gasteiger partial charge in [0.2, 0.25) is 0 Å². The second kappa shape index (κ2) is 3.65. The van der Waals surface area contributed by atoms with Gasteiger partial charge in [0, 0.05) is 6.42 Å². The Labute approximate surface area is 81.0 Å². The van der Waals surface area contributed by atoms with Gasteiger partial charge in [0.1, 0.15) is 5.54 Å². The van der Waals surface area contributed by atoms with Crippen LogP contribution in [0.25, 0.3) is 0 Å². The average Bonchev–Trinajstić information content (AvgIpc) is 2.37. The number of methoxy groups -OCH3 is 1. The van der Waals surface area contributed by atoms with E-state index < -0.39 is 23.4 Å². The van der Waals surface area contributed by atoms with Gasteiger partial charge in [-0.05, 0) is 13.3 Å². The van der Waals surface area contributed by atoms with Gasteiger partial charge in [-0.15, -0.1) is 0 Å². The fraction of sp³-hybridized carbons (Fsp3) is 0.625. The molecule has 1 unspecified atom stereocenters. The van der Waals surface area contributed by atoms with Crippen LogP contribution in [0.3, 0.4) is 0 Å². The molecule has 6 nitrogen and oxygen atoms in total. The minimum absolute atomic E-state index is 0.0979. The van der Waals surface area contributed by atoms with Crippen LogP contribution in [0.15, 0.2) is 0 Å². The molecule has 6 heteroatoms. The summed E-state index contributed by atoms with van der Waals surface area (Å²) in [5, 5.41) is 4.56. The van der Waals surface area contributed by atoms with Gasteiger partial charge in [-0.1, -0.05) is 0 Å². The lowest BCUT2D eigenvalue weighted by molar-refractivity contribution is -0.141. The molecule has 0 aromatic heterocycles. The van der Waals surface area contributed by atoms with Crippen LogP contribution in [-0.4, -0.2) is 30.6 Å². The molecule has 14 heavy (non-hydrogen) atoms. The summed E-state index contributed by atoms with van der Waals surface area (Å²) in [6.07, 6.45) is 0.331. The van der Waals surface area contributed by atoms with E-state index in [0.29, 0.717) is 0 Å². The van der Waals surface area contributed by atoms with E-state index in [1.165, 1.54) is 7.11 Å². The quantitative estimate of drug-likeness (QED) is 0.477. The van der Waals surface area contributed by atoms with Crippen molar-refractivity contribution < 1.29 is 19.1 Å². The topological polar surface area (TPSA) is 84.5 Å². The van der Waals surface area contributed by atoms with Gasteiger partial charge in [0.05, 0.1) is 7.11 Å². The lowest BCUT2D eigenvalue weighted by Gasteiger charge is -2.19. The Balaban J connectivity index is 2.54. The molecule has 78 valence electrons. The van der Waals surface area contributed by atoms with Crippen molar-refractivity contribution >= 4 is 17.9 Å². The molecule has 0 aromatic carbocycles. The van der Waals surface area contributed by atoms with Gasteiger partial charge in [0.25, 0.3) is 5.91 Å². The minimum atomic E-state index is -0.995. The first-order valence-corrected chi connectivity index (χ1v) is 4.18. The van der Waals surface area contributed by atoms with Crippen molar-refractivity contribution in [1.82, 2.24) is 10.6 Å². The highest BCUT2D eigenvalue weighted by atomic mass is 16.5. The molecule has 2 N–H and O–H groups in total. The zero-order chi connectivity index (χ0) is 10.8. The number of urea groups is 1. The molecule has 0 aliphatic carbocycles. The Morgan fingerprint density at radius 1 is 1.50 bits per heavy atom. The van der Waals surface area contributed by atoms with Crippen molar-refractivity contribution in [2.75, 3.05) is 7.11 Å². The maximum Gasteiger partial charge on any atom is 0.322 e. The highest BCUT2D eigenvalue weighted by Crippen LogP contribution is 2.16. The highest BCUT2D eigenvalue weighted by Gasteiger charge is 2.41. The van der Waals surface area contributed by atoms with Gasteiger partial charge in [0.15, 0.2) is 0 Å². The standard InChI is InChI=1S/C8H12N2O4/c1-8(4-3-5(11)14-2)6(12)9-7(13)10-8/h3-4H2,1-2H3,(H2,9,10,12,13). The smallest absolute Gasteiger partial charge is 0.322 e. The van der Waals surface area contributed by atoms with E-state index in [-0.39, 0.29) is 12.8 Å². The second-order valence-electron chi connectivity index (χ2n) is 3.32. The van der Waals surface area contributed by atoms with E-state index >= 15 is 0 Å². The predicted molar refractivity (Wildman–Crippen MR) is 46.3 cm³/mol. The first-order valence-electron chi connectivity index (χ1n) is 4.18. The van der Waals surface area contributed by atoms with E-state index in [1.807, 2.05) is 0 Å². The van der Waals surface area contributed by atoms with Gasteiger partial charge in [-0.3, -0.25) is 14.9 Å². The number of hydrogen-bond acceptors (Lipinski definition) is 4. The Morgan fingerprint density at radius 2 is 2.14 bits per heavy atom. The van der Waals surface area contributed by atoms with Crippen molar-refractivity contribution in [3.05, 3.63) is 0 Å². The first kappa shape index (κ1) is 10.5.